The van der Waals surface area contributed by atoms with E-state index in [9.17, 15) is 9.59 Å². The lowest BCUT2D eigenvalue weighted by molar-refractivity contribution is -0.138. The Hall–Kier alpha value is -1.64. The van der Waals surface area contributed by atoms with Crippen LogP contribution in [-0.2, 0) is 9.59 Å². The highest BCUT2D eigenvalue weighted by Gasteiger charge is 2.39. The SMILES string of the molecule is CC1=CC=C2C(=O)N(C(C)C)C(=O)C2=CC1. The maximum atomic E-state index is 12.0. The fraction of sp³-hybridized carbons (Fsp3) is 0.385. The van der Waals surface area contributed by atoms with Crippen LogP contribution in [-0.4, -0.2) is 22.8 Å². The maximum Gasteiger partial charge on any atom is 0.261 e. The number of amides is 2. The van der Waals surface area contributed by atoms with Crippen molar-refractivity contribution >= 4 is 11.8 Å². The van der Waals surface area contributed by atoms with Crippen LogP contribution in [0, 0.1) is 0 Å². The van der Waals surface area contributed by atoms with Gasteiger partial charge in [-0.25, -0.2) is 0 Å². The minimum absolute atomic E-state index is 0.0844. The van der Waals surface area contributed by atoms with Crippen LogP contribution in [0.1, 0.15) is 27.2 Å². The molecular formula is C13H15NO2. The van der Waals surface area contributed by atoms with E-state index in [0.29, 0.717) is 11.1 Å². The van der Waals surface area contributed by atoms with Gasteiger partial charge in [-0.3, -0.25) is 14.5 Å². The zero-order chi connectivity index (χ0) is 11.9. The minimum Gasteiger partial charge on any atom is -0.272 e. The number of nitrogens with zero attached hydrogens (tertiary/aromatic N) is 1. The van der Waals surface area contributed by atoms with Crippen molar-refractivity contribution in [3.05, 3.63) is 34.9 Å². The Kier molecular flexibility index (Phi) is 2.54. The van der Waals surface area contributed by atoms with E-state index in [2.05, 4.69) is 0 Å². The van der Waals surface area contributed by atoms with Gasteiger partial charge in [0.1, 0.15) is 0 Å². The summed E-state index contributed by atoms with van der Waals surface area (Å²) in [6.45, 7) is 5.69. The second-order valence-corrected chi connectivity index (χ2v) is 4.49. The van der Waals surface area contributed by atoms with Gasteiger partial charge in [-0.2, -0.15) is 0 Å². The number of carbonyl (C=O) groups is 2. The molecule has 0 radical (unpaired) electrons. The molecule has 0 N–H and O–H groups in total. The molecular weight excluding hydrogens is 202 g/mol. The van der Waals surface area contributed by atoms with Crippen molar-refractivity contribution in [3.8, 4) is 0 Å². The summed E-state index contributed by atoms with van der Waals surface area (Å²) in [6.07, 6.45) is 6.26. The van der Waals surface area contributed by atoms with E-state index in [4.69, 9.17) is 0 Å². The third-order valence-corrected chi connectivity index (χ3v) is 2.87. The third-order valence-electron chi connectivity index (χ3n) is 2.87. The molecule has 1 fully saturated rings. The van der Waals surface area contributed by atoms with E-state index in [0.717, 1.165) is 12.0 Å². The van der Waals surface area contributed by atoms with Gasteiger partial charge in [0.05, 0.1) is 5.57 Å². The molecule has 0 aromatic rings. The molecule has 0 atom stereocenters. The van der Waals surface area contributed by atoms with Crippen molar-refractivity contribution in [1.29, 1.82) is 0 Å². The number of rotatable bonds is 1. The highest BCUT2D eigenvalue weighted by Crippen LogP contribution is 2.29. The predicted octanol–water partition coefficient (Wildman–Crippen LogP) is 1.97. The topological polar surface area (TPSA) is 37.4 Å². The van der Waals surface area contributed by atoms with Crippen LogP contribution in [0.5, 0.6) is 0 Å². The molecule has 1 heterocycles. The summed E-state index contributed by atoms with van der Waals surface area (Å²) >= 11 is 0. The van der Waals surface area contributed by atoms with E-state index in [1.807, 2.05) is 32.9 Å². The first-order chi connectivity index (χ1) is 7.52. The van der Waals surface area contributed by atoms with Crippen LogP contribution in [0.2, 0.25) is 0 Å². The fourth-order valence-electron chi connectivity index (χ4n) is 1.97. The van der Waals surface area contributed by atoms with Crippen molar-refractivity contribution < 1.29 is 9.59 Å². The summed E-state index contributed by atoms with van der Waals surface area (Å²) in [7, 11) is 0. The molecule has 0 spiro atoms. The molecule has 3 heteroatoms. The van der Waals surface area contributed by atoms with Gasteiger partial charge in [-0.15, -0.1) is 0 Å². The molecule has 3 nitrogen and oxygen atoms in total. The molecule has 2 aliphatic rings. The molecule has 1 aliphatic carbocycles. The molecule has 2 amide bonds. The summed E-state index contributed by atoms with van der Waals surface area (Å²) in [6, 6.07) is -0.0844. The van der Waals surface area contributed by atoms with Crippen LogP contribution in [0.15, 0.2) is 34.9 Å². The highest BCUT2D eigenvalue weighted by molar-refractivity contribution is 6.24. The Bertz CT molecular complexity index is 453. The first kappa shape index (κ1) is 10.9. The number of likely N-dealkylation sites (tertiary alicyclic amines) is 1. The van der Waals surface area contributed by atoms with Gasteiger partial charge in [0.15, 0.2) is 0 Å². The quantitative estimate of drug-likeness (QED) is 0.630. The summed E-state index contributed by atoms with van der Waals surface area (Å²) < 4.78 is 0. The second kappa shape index (κ2) is 3.74. The zero-order valence-electron chi connectivity index (χ0n) is 9.78. The fourth-order valence-corrected chi connectivity index (χ4v) is 1.97. The van der Waals surface area contributed by atoms with Gasteiger partial charge in [0, 0.05) is 11.6 Å². The Labute approximate surface area is 95.1 Å². The van der Waals surface area contributed by atoms with Crippen molar-refractivity contribution in [2.45, 2.75) is 33.2 Å². The number of carbonyl (C=O) groups excluding carboxylic acids is 2. The molecule has 16 heavy (non-hydrogen) atoms. The average molecular weight is 217 g/mol. The Morgan fingerprint density at radius 1 is 1.12 bits per heavy atom. The normalized spacial score (nSPS) is 20.5. The predicted molar refractivity (Wildman–Crippen MR) is 61.5 cm³/mol. The average Bonchev–Trinajstić information content (AvgIpc) is 2.36. The largest absolute Gasteiger partial charge is 0.272 e. The van der Waals surface area contributed by atoms with E-state index < -0.39 is 0 Å². The lowest BCUT2D eigenvalue weighted by Gasteiger charge is -2.17. The van der Waals surface area contributed by atoms with Gasteiger partial charge in [-0.05, 0) is 33.3 Å². The van der Waals surface area contributed by atoms with Gasteiger partial charge in [-0.1, -0.05) is 17.7 Å². The van der Waals surface area contributed by atoms with Gasteiger partial charge in [0.25, 0.3) is 11.8 Å². The summed E-state index contributed by atoms with van der Waals surface area (Å²) in [5, 5.41) is 0. The summed E-state index contributed by atoms with van der Waals surface area (Å²) in [5.74, 6) is -0.327. The van der Waals surface area contributed by atoms with Crippen LogP contribution in [0.25, 0.3) is 0 Å². The van der Waals surface area contributed by atoms with Crippen LogP contribution in [0.4, 0.5) is 0 Å². The maximum absolute atomic E-state index is 12.0. The lowest BCUT2D eigenvalue weighted by atomic mass is 10.1. The van der Waals surface area contributed by atoms with Gasteiger partial charge >= 0.3 is 0 Å². The molecule has 0 aromatic carbocycles. The van der Waals surface area contributed by atoms with Crippen molar-refractivity contribution in [2.24, 2.45) is 0 Å². The zero-order valence-corrected chi connectivity index (χ0v) is 9.78. The van der Waals surface area contributed by atoms with E-state index in [-0.39, 0.29) is 17.9 Å². The van der Waals surface area contributed by atoms with E-state index >= 15 is 0 Å². The van der Waals surface area contributed by atoms with E-state index in [1.54, 1.807) is 6.08 Å². The molecule has 0 bridgehead atoms. The minimum atomic E-state index is -0.169. The lowest BCUT2D eigenvalue weighted by Crippen LogP contribution is -2.35. The number of allylic oxidation sites excluding steroid dienone is 4. The van der Waals surface area contributed by atoms with Crippen molar-refractivity contribution in [3.63, 3.8) is 0 Å². The molecule has 84 valence electrons. The first-order valence-electron chi connectivity index (χ1n) is 5.48. The molecule has 1 aliphatic heterocycles. The Morgan fingerprint density at radius 3 is 2.38 bits per heavy atom. The summed E-state index contributed by atoms with van der Waals surface area (Å²) in [5.41, 5.74) is 2.26. The van der Waals surface area contributed by atoms with Gasteiger partial charge < -0.3 is 0 Å². The molecule has 0 aromatic heterocycles. The van der Waals surface area contributed by atoms with Gasteiger partial charge in [0.2, 0.25) is 0 Å². The number of imide groups is 1. The third kappa shape index (κ3) is 1.52. The first-order valence-corrected chi connectivity index (χ1v) is 5.48. The monoisotopic (exact) mass is 217 g/mol. The van der Waals surface area contributed by atoms with Crippen molar-refractivity contribution in [2.75, 3.05) is 0 Å². The number of hydrogen-bond acceptors (Lipinski definition) is 2. The van der Waals surface area contributed by atoms with Crippen LogP contribution >= 0.6 is 0 Å². The second-order valence-electron chi connectivity index (χ2n) is 4.49. The van der Waals surface area contributed by atoms with Crippen LogP contribution < -0.4 is 0 Å². The van der Waals surface area contributed by atoms with Crippen LogP contribution in [0.3, 0.4) is 0 Å². The van der Waals surface area contributed by atoms with E-state index in [1.165, 1.54) is 4.90 Å². The molecule has 0 saturated carbocycles. The Balaban J connectivity index is 2.48. The molecule has 0 unspecified atom stereocenters. The number of fused-ring (bicyclic) bond motifs is 1. The highest BCUT2D eigenvalue weighted by atomic mass is 16.2. The molecule has 2 rings (SSSR count). The molecule has 1 saturated heterocycles. The number of hydrogen-bond donors (Lipinski definition) is 0. The standard InChI is InChI=1S/C13H15NO2/c1-8(2)14-12(15)10-6-4-9(3)5-7-11(10)13(14)16/h4,6-8H,5H2,1-3H3. The van der Waals surface area contributed by atoms with Crippen molar-refractivity contribution in [1.82, 2.24) is 4.90 Å². The smallest absolute Gasteiger partial charge is 0.261 e. The summed E-state index contributed by atoms with van der Waals surface area (Å²) in [4.78, 5) is 25.4. The Morgan fingerprint density at radius 2 is 1.75 bits per heavy atom.